The molecular formula is C66H46F3N3. The van der Waals surface area contributed by atoms with Crippen molar-refractivity contribution in [3.63, 3.8) is 0 Å². The third-order valence-electron chi connectivity index (χ3n) is 14.1. The largest absolute Gasteiger partial charge is 0.416 e. The minimum atomic E-state index is -4.75. The van der Waals surface area contributed by atoms with Crippen LogP contribution in [0.15, 0.2) is 206 Å². The van der Waals surface area contributed by atoms with E-state index in [9.17, 15) is 0 Å². The van der Waals surface area contributed by atoms with Gasteiger partial charge in [0.25, 0.3) is 0 Å². The van der Waals surface area contributed by atoms with Crippen molar-refractivity contribution in [1.82, 2.24) is 9.13 Å². The predicted molar refractivity (Wildman–Crippen MR) is 293 cm³/mol. The van der Waals surface area contributed by atoms with Crippen LogP contribution in [0.4, 0.5) is 18.9 Å². The molecule has 0 aliphatic heterocycles. The molecule has 0 radical (unpaired) electrons. The molecule has 0 aliphatic carbocycles. The second-order valence-corrected chi connectivity index (χ2v) is 19.1. The minimum Gasteiger partial charge on any atom is -0.308 e. The average Bonchev–Trinajstić information content (AvgIpc) is 3.89. The summed E-state index contributed by atoms with van der Waals surface area (Å²) < 4.78 is 52.6. The third-order valence-corrected chi connectivity index (χ3v) is 14.1. The van der Waals surface area contributed by atoms with Gasteiger partial charge in [-0.15, -0.1) is 0 Å². The average molecular weight is 938 g/mol. The number of fused-ring (bicyclic) bond motifs is 6. The summed E-state index contributed by atoms with van der Waals surface area (Å²) >= 11 is 0. The van der Waals surface area contributed by atoms with Crippen molar-refractivity contribution in [3.05, 3.63) is 245 Å². The van der Waals surface area contributed by atoms with E-state index in [1.165, 1.54) is 12.1 Å². The molecule has 346 valence electrons. The molecule has 12 aromatic rings. The topological polar surface area (TPSA) is 14.2 Å². The minimum absolute atomic E-state index is 0.337. The highest BCUT2D eigenvalue weighted by Gasteiger charge is 2.34. The van der Waals surface area contributed by atoms with Gasteiger partial charge in [-0.3, -0.25) is 0 Å². The van der Waals surface area contributed by atoms with Gasteiger partial charge >= 0.3 is 6.18 Å². The van der Waals surface area contributed by atoms with E-state index in [2.05, 4.69) is 178 Å². The molecule has 6 heteroatoms. The first-order valence-electron chi connectivity index (χ1n) is 24.1. The molecule has 0 aliphatic rings. The number of benzene rings is 10. The van der Waals surface area contributed by atoms with Crippen molar-refractivity contribution in [2.24, 2.45) is 0 Å². The fourth-order valence-electron chi connectivity index (χ4n) is 10.7. The molecule has 10 aromatic carbocycles. The zero-order chi connectivity index (χ0) is 49.4. The van der Waals surface area contributed by atoms with Crippen LogP contribution in [0.25, 0.3) is 115 Å². The zero-order valence-electron chi connectivity index (χ0n) is 40.1. The van der Waals surface area contributed by atoms with Gasteiger partial charge in [0.15, 0.2) is 5.69 Å². The van der Waals surface area contributed by atoms with Crippen LogP contribution in [0.3, 0.4) is 0 Å². The zero-order valence-corrected chi connectivity index (χ0v) is 40.1. The van der Waals surface area contributed by atoms with Crippen LogP contribution in [-0.2, 0) is 6.18 Å². The molecule has 0 saturated carbocycles. The highest BCUT2D eigenvalue weighted by Crippen LogP contribution is 2.47. The number of alkyl halides is 3. The normalized spacial score (nSPS) is 11.8. The van der Waals surface area contributed by atoms with Gasteiger partial charge in [-0.2, -0.15) is 13.2 Å². The van der Waals surface area contributed by atoms with E-state index in [4.69, 9.17) is 6.57 Å². The lowest BCUT2D eigenvalue weighted by Gasteiger charge is -2.23. The molecule has 0 spiro atoms. The van der Waals surface area contributed by atoms with Crippen LogP contribution < -0.4 is 0 Å². The van der Waals surface area contributed by atoms with E-state index in [0.29, 0.717) is 28.2 Å². The number of nitrogens with zero attached hydrogens (tertiary/aromatic N) is 3. The molecule has 0 N–H and O–H groups in total. The maximum absolute atomic E-state index is 16.2. The third kappa shape index (κ3) is 7.71. The Bertz CT molecular complexity index is 3780. The van der Waals surface area contributed by atoms with Gasteiger partial charge < -0.3 is 9.13 Å². The monoisotopic (exact) mass is 937 g/mol. The highest BCUT2D eigenvalue weighted by atomic mass is 19.4. The van der Waals surface area contributed by atoms with E-state index >= 15 is 13.2 Å². The highest BCUT2D eigenvalue weighted by molar-refractivity contribution is 6.14. The lowest BCUT2D eigenvalue weighted by atomic mass is 9.96. The van der Waals surface area contributed by atoms with Crippen LogP contribution in [0.2, 0.25) is 0 Å². The SMILES string of the molecule is [C-]#[N+]c1cccc(-c2c(-n3c4cc(-c5cccc(C)c5)ccc4c4ccc(-c5cccc(C)c5)cc43)cc(C(F)(F)F)cc2-n2c3cc(-c4cccc(C)c4)ccc3c3ccc(-c4cccc(C)c4)cc32)c1. The summed E-state index contributed by atoms with van der Waals surface area (Å²) in [7, 11) is 0. The molecule has 2 aromatic heterocycles. The summed E-state index contributed by atoms with van der Waals surface area (Å²) in [5, 5.41) is 3.61. The Kier molecular flexibility index (Phi) is 10.6. The molecule has 12 rings (SSSR count). The fraction of sp³-hybridized carbons (Fsp3) is 0.0758. The Morgan fingerprint density at radius 1 is 0.347 bits per heavy atom. The maximum Gasteiger partial charge on any atom is 0.416 e. The van der Waals surface area contributed by atoms with Crippen LogP contribution >= 0.6 is 0 Å². The maximum atomic E-state index is 16.2. The van der Waals surface area contributed by atoms with Gasteiger partial charge in [-0.25, -0.2) is 4.85 Å². The molecular weight excluding hydrogens is 892 g/mol. The van der Waals surface area contributed by atoms with Gasteiger partial charge in [0.2, 0.25) is 0 Å². The first kappa shape index (κ1) is 44.3. The Hall–Kier alpha value is -8.92. The first-order valence-corrected chi connectivity index (χ1v) is 24.1. The summed E-state index contributed by atoms with van der Waals surface area (Å²) in [5.41, 5.74) is 16.6. The standard InChI is InChI=1S/C66H46F3N3/c1-40-11-6-15-44(29-40)48-21-25-55-56-26-22-49(45-16-7-12-41(2)30-45)35-60(56)71(59(55)34-48)63-38-53(66(67,68)69)39-64(65(63)52-19-10-20-54(33-52)70-5)72-61-36-50(46-17-8-13-42(3)31-46)23-27-57(61)58-28-24-51(37-62(58)72)47-18-9-14-43(4)32-47/h6-39H,1-4H3. The van der Waals surface area contributed by atoms with Gasteiger partial charge in [0, 0.05) is 27.1 Å². The molecule has 72 heavy (non-hydrogen) atoms. The number of halogens is 3. The lowest BCUT2D eigenvalue weighted by Crippen LogP contribution is -2.11. The summed E-state index contributed by atoms with van der Waals surface area (Å²) in [6, 6.07) is 68.3. The Balaban J connectivity index is 1.28. The quantitative estimate of drug-likeness (QED) is 0.141. The Morgan fingerprint density at radius 2 is 0.653 bits per heavy atom. The van der Waals surface area contributed by atoms with Crippen molar-refractivity contribution in [2.75, 3.05) is 0 Å². The van der Waals surface area contributed by atoms with E-state index in [1.54, 1.807) is 12.1 Å². The Morgan fingerprint density at radius 3 is 0.958 bits per heavy atom. The van der Waals surface area contributed by atoms with Gasteiger partial charge in [-0.1, -0.05) is 186 Å². The van der Waals surface area contributed by atoms with Crippen molar-refractivity contribution < 1.29 is 13.2 Å². The molecule has 2 heterocycles. The number of rotatable bonds is 7. The van der Waals surface area contributed by atoms with Crippen LogP contribution in [0.1, 0.15) is 27.8 Å². The second-order valence-electron chi connectivity index (χ2n) is 19.1. The smallest absolute Gasteiger partial charge is 0.308 e. The fourth-order valence-corrected chi connectivity index (χ4v) is 10.7. The second kappa shape index (κ2) is 17.2. The molecule has 0 bridgehead atoms. The summed E-state index contributed by atoms with van der Waals surface area (Å²) in [6.07, 6.45) is -4.75. The number of aryl methyl sites for hydroxylation is 4. The molecule has 0 amide bonds. The van der Waals surface area contributed by atoms with Crippen molar-refractivity contribution in [2.45, 2.75) is 33.9 Å². The lowest BCUT2D eigenvalue weighted by molar-refractivity contribution is -0.137. The van der Waals surface area contributed by atoms with Gasteiger partial charge in [0.05, 0.1) is 45.6 Å². The van der Waals surface area contributed by atoms with E-state index < -0.39 is 11.7 Å². The molecule has 0 unspecified atom stereocenters. The summed E-state index contributed by atoms with van der Waals surface area (Å²) in [6.45, 7) is 16.4. The van der Waals surface area contributed by atoms with Gasteiger partial charge in [0.1, 0.15) is 0 Å². The Labute approximate surface area is 416 Å². The van der Waals surface area contributed by atoms with Crippen LogP contribution in [0, 0.1) is 34.3 Å². The van der Waals surface area contributed by atoms with E-state index in [0.717, 1.165) is 110 Å². The first-order chi connectivity index (χ1) is 34.9. The predicted octanol–water partition coefficient (Wildman–Crippen LogP) is 19.0. The van der Waals surface area contributed by atoms with Crippen molar-refractivity contribution in [1.29, 1.82) is 0 Å². The van der Waals surface area contributed by atoms with Crippen LogP contribution in [0.5, 0.6) is 0 Å². The number of aromatic nitrogens is 2. The molecule has 3 nitrogen and oxygen atoms in total. The molecule has 0 saturated heterocycles. The van der Waals surface area contributed by atoms with E-state index in [-0.39, 0.29) is 0 Å². The number of hydrogen-bond donors (Lipinski definition) is 0. The van der Waals surface area contributed by atoms with Crippen molar-refractivity contribution >= 4 is 49.3 Å². The molecule has 0 atom stereocenters. The number of hydrogen-bond acceptors (Lipinski definition) is 0. The van der Waals surface area contributed by atoms with E-state index in [1.807, 2.05) is 45.5 Å². The summed E-state index contributed by atoms with van der Waals surface area (Å²) in [5.74, 6) is 0. The summed E-state index contributed by atoms with van der Waals surface area (Å²) in [4.78, 5) is 3.86. The van der Waals surface area contributed by atoms with Crippen LogP contribution in [-0.4, -0.2) is 9.13 Å². The van der Waals surface area contributed by atoms with Crippen molar-refractivity contribution in [3.8, 4) is 67.0 Å². The van der Waals surface area contributed by atoms with Gasteiger partial charge in [-0.05, 0) is 120 Å². The molecule has 0 fully saturated rings.